The Morgan fingerprint density at radius 1 is 1.11 bits per heavy atom. The standard InChI is InChI=1S/C20H18FN5O/c1-26-18-10-15(22)5-8-17(18)25-20(26)24-11-13-2-6-16(7-3-13)27-19-9-4-14(21)12-23-19/h2-10,12H,11,22H2,1H3,(H,24,25). The lowest BCUT2D eigenvalue weighted by Crippen LogP contribution is -2.04. The Morgan fingerprint density at radius 2 is 1.93 bits per heavy atom. The maximum absolute atomic E-state index is 12.9. The molecule has 0 amide bonds. The summed E-state index contributed by atoms with van der Waals surface area (Å²) >= 11 is 0. The summed E-state index contributed by atoms with van der Waals surface area (Å²) in [7, 11) is 1.95. The summed E-state index contributed by atoms with van der Waals surface area (Å²) in [6, 6.07) is 16.0. The van der Waals surface area contributed by atoms with Crippen LogP contribution >= 0.6 is 0 Å². The molecule has 0 radical (unpaired) electrons. The summed E-state index contributed by atoms with van der Waals surface area (Å²) in [5, 5.41) is 3.33. The summed E-state index contributed by atoms with van der Waals surface area (Å²) in [5.74, 6) is 1.36. The number of nitrogens with zero attached hydrogens (tertiary/aromatic N) is 3. The highest BCUT2D eigenvalue weighted by molar-refractivity contribution is 5.81. The van der Waals surface area contributed by atoms with E-state index in [1.165, 1.54) is 12.1 Å². The SMILES string of the molecule is Cn1c(NCc2ccc(Oc3ccc(F)cn3)cc2)nc2ccc(N)cc21. The highest BCUT2D eigenvalue weighted by atomic mass is 19.1. The Morgan fingerprint density at radius 3 is 2.67 bits per heavy atom. The van der Waals surface area contributed by atoms with Crippen LogP contribution in [0.3, 0.4) is 0 Å². The van der Waals surface area contributed by atoms with Crippen molar-refractivity contribution in [2.45, 2.75) is 6.54 Å². The highest BCUT2D eigenvalue weighted by Crippen LogP contribution is 2.22. The summed E-state index contributed by atoms with van der Waals surface area (Å²) in [6.07, 6.45) is 1.12. The molecule has 6 nitrogen and oxygen atoms in total. The number of aromatic nitrogens is 3. The van der Waals surface area contributed by atoms with E-state index in [2.05, 4.69) is 15.3 Å². The lowest BCUT2D eigenvalue weighted by molar-refractivity contribution is 0.459. The fraction of sp³-hybridized carbons (Fsp3) is 0.100. The van der Waals surface area contributed by atoms with Gasteiger partial charge in [0.25, 0.3) is 0 Å². The minimum atomic E-state index is -0.395. The number of imidazole rings is 1. The monoisotopic (exact) mass is 363 g/mol. The van der Waals surface area contributed by atoms with Crippen molar-refractivity contribution in [2.75, 3.05) is 11.1 Å². The first-order chi connectivity index (χ1) is 13.1. The second kappa shape index (κ2) is 6.95. The van der Waals surface area contributed by atoms with Crippen LogP contribution in [0.1, 0.15) is 5.56 Å². The molecule has 0 saturated heterocycles. The minimum absolute atomic E-state index is 0.348. The number of aryl methyl sites for hydroxylation is 1. The zero-order valence-electron chi connectivity index (χ0n) is 14.7. The van der Waals surface area contributed by atoms with Gasteiger partial charge >= 0.3 is 0 Å². The predicted octanol–water partition coefficient (Wildman–Crippen LogP) is 4.09. The van der Waals surface area contributed by atoms with Gasteiger partial charge in [0.2, 0.25) is 11.8 Å². The van der Waals surface area contributed by atoms with Crippen molar-refractivity contribution in [2.24, 2.45) is 7.05 Å². The quantitative estimate of drug-likeness (QED) is 0.522. The van der Waals surface area contributed by atoms with E-state index in [0.717, 1.165) is 28.7 Å². The molecule has 4 aromatic rings. The lowest BCUT2D eigenvalue weighted by Gasteiger charge is -2.08. The van der Waals surface area contributed by atoms with Gasteiger partial charge in [0.05, 0.1) is 17.2 Å². The topological polar surface area (TPSA) is 78.0 Å². The second-order valence-electron chi connectivity index (χ2n) is 6.16. The molecule has 136 valence electrons. The number of halogens is 1. The molecule has 27 heavy (non-hydrogen) atoms. The molecule has 0 aliphatic rings. The number of nitrogen functional groups attached to an aromatic ring is 1. The van der Waals surface area contributed by atoms with Gasteiger partial charge in [-0.25, -0.2) is 14.4 Å². The molecule has 2 aromatic heterocycles. The molecule has 0 aliphatic heterocycles. The summed E-state index contributed by atoms with van der Waals surface area (Å²) < 4.78 is 20.5. The molecule has 4 rings (SSSR count). The molecule has 2 heterocycles. The number of nitrogens with one attached hydrogen (secondary N) is 1. The first-order valence-electron chi connectivity index (χ1n) is 8.43. The number of pyridine rings is 1. The van der Waals surface area contributed by atoms with E-state index in [1.54, 1.807) is 0 Å². The van der Waals surface area contributed by atoms with Gasteiger partial charge in [-0.3, -0.25) is 0 Å². The van der Waals surface area contributed by atoms with E-state index in [9.17, 15) is 4.39 Å². The van der Waals surface area contributed by atoms with Crippen LogP contribution in [-0.4, -0.2) is 14.5 Å². The van der Waals surface area contributed by atoms with Gasteiger partial charge in [0, 0.05) is 25.3 Å². The summed E-state index contributed by atoms with van der Waals surface area (Å²) in [5.41, 5.74) is 9.50. The highest BCUT2D eigenvalue weighted by Gasteiger charge is 2.08. The van der Waals surface area contributed by atoms with Crippen LogP contribution in [0.25, 0.3) is 11.0 Å². The van der Waals surface area contributed by atoms with Crippen molar-refractivity contribution in [3.63, 3.8) is 0 Å². The van der Waals surface area contributed by atoms with Gasteiger partial charge in [0.1, 0.15) is 11.6 Å². The average Bonchev–Trinajstić information content (AvgIpc) is 2.98. The number of hydrogen-bond acceptors (Lipinski definition) is 5. The number of nitrogens with two attached hydrogens (primary N) is 1. The molecule has 0 saturated carbocycles. The van der Waals surface area contributed by atoms with E-state index in [4.69, 9.17) is 10.5 Å². The van der Waals surface area contributed by atoms with E-state index in [0.29, 0.717) is 23.9 Å². The van der Waals surface area contributed by atoms with Crippen LogP contribution < -0.4 is 15.8 Å². The fourth-order valence-electron chi connectivity index (χ4n) is 2.76. The Balaban J connectivity index is 1.43. The van der Waals surface area contributed by atoms with Crippen LogP contribution in [0.4, 0.5) is 16.0 Å². The Bertz CT molecular complexity index is 1070. The number of ether oxygens (including phenoxy) is 1. The second-order valence-corrected chi connectivity index (χ2v) is 6.16. The van der Waals surface area contributed by atoms with E-state index in [-0.39, 0.29) is 0 Å². The van der Waals surface area contributed by atoms with Crippen molar-refractivity contribution in [1.82, 2.24) is 14.5 Å². The number of anilines is 2. The van der Waals surface area contributed by atoms with E-state index in [1.807, 2.05) is 54.1 Å². The van der Waals surface area contributed by atoms with Crippen molar-refractivity contribution >= 4 is 22.7 Å². The zero-order chi connectivity index (χ0) is 18.8. The van der Waals surface area contributed by atoms with Gasteiger partial charge in [-0.2, -0.15) is 0 Å². The Labute approximate surface area is 155 Å². The molecule has 0 spiro atoms. The molecular weight excluding hydrogens is 345 g/mol. The number of hydrogen-bond donors (Lipinski definition) is 2. The van der Waals surface area contributed by atoms with E-state index >= 15 is 0 Å². The first-order valence-corrected chi connectivity index (χ1v) is 8.43. The molecule has 0 aliphatic carbocycles. The number of fused-ring (bicyclic) bond motifs is 1. The van der Waals surface area contributed by atoms with Crippen LogP contribution in [-0.2, 0) is 13.6 Å². The van der Waals surface area contributed by atoms with E-state index < -0.39 is 5.82 Å². The molecule has 2 aromatic carbocycles. The molecule has 0 atom stereocenters. The third-order valence-corrected chi connectivity index (χ3v) is 4.20. The largest absolute Gasteiger partial charge is 0.439 e. The molecule has 0 unspecified atom stereocenters. The smallest absolute Gasteiger partial charge is 0.219 e. The van der Waals surface area contributed by atoms with Crippen LogP contribution in [0.2, 0.25) is 0 Å². The van der Waals surface area contributed by atoms with Gasteiger partial charge in [-0.05, 0) is 42.0 Å². The third kappa shape index (κ3) is 3.67. The molecule has 3 N–H and O–H groups in total. The van der Waals surface area contributed by atoms with Crippen molar-refractivity contribution in [3.05, 3.63) is 72.2 Å². The van der Waals surface area contributed by atoms with Gasteiger partial charge in [-0.15, -0.1) is 0 Å². The lowest BCUT2D eigenvalue weighted by atomic mass is 10.2. The van der Waals surface area contributed by atoms with Crippen molar-refractivity contribution < 1.29 is 9.13 Å². The minimum Gasteiger partial charge on any atom is -0.439 e. The van der Waals surface area contributed by atoms with Crippen LogP contribution in [0, 0.1) is 5.82 Å². The maximum Gasteiger partial charge on any atom is 0.219 e. The maximum atomic E-state index is 12.9. The Kier molecular flexibility index (Phi) is 4.33. The number of rotatable bonds is 5. The predicted molar refractivity (Wildman–Crippen MR) is 103 cm³/mol. The molecule has 7 heteroatoms. The van der Waals surface area contributed by atoms with Gasteiger partial charge in [0.15, 0.2) is 0 Å². The number of benzene rings is 2. The zero-order valence-corrected chi connectivity index (χ0v) is 14.7. The van der Waals surface area contributed by atoms with Gasteiger partial charge < -0.3 is 20.4 Å². The average molecular weight is 363 g/mol. The summed E-state index contributed by atoms with van der Waals surface area (Å²) in [6.45, 7) is 0.613. The fourth-order valence-corrected chi connectivity index (χ4v) is 2.76. The molecule has 0 fully saturated rings. The normalized spacial score (nSPS) is 10.9. The summed E-state index contributed by atoms with van der Waals surface area (Å²) in [4.78, 5) is 8.46. The van der Waals surface area contributed by atoms with Crippen molar-refractivity contribution in [1.29, 1.82) is 0 Å². The van der Waals surface area contributed by atoms with Crippen LogP contribution in [0.5, 0.6) is 11.6 Å². The third-order valence-electron chi connectivity index (χ3n) is 4.20. The first kappa shape index (κ1) is 16.8. The van der Waals surface area contributed by atoms with Gasteiger partial charge in [-0.1, -0.05) is 12.1 Å². The molecular formula is C20H18FN5O. The Hall–Kier alpha value is -3.61. The molecule has 0 bridgehead atoms. The van der Waals surface area contributed by atoms with Crippen LogP contribution in [0.15, 0.2) is 60.8 Å². The van der Waals surface area contributed by atoms with Crippen molar-refractivity contribution in [3.8, 4) is 11.6 Å².